The van der Waals surface area contributed by atoms with Gasteiger partial charge in [-0.15, -0.1) is 11.8 Å². The molecule has 0 aliphatic heterocycles. The number of thioether (sulfide) groups is 1. The summed E-state index contributed by atoms with van der Waals surface area (Å²) in [7, 11) is 0. The summed E-state index contributed by atoms with van der Waals surface area (Å²) in [4.78, 5) is 9.26. The van der Waals surface area contributed by atoms with Crippen LogP contribution in [-0.2, 0) is 6.54 Å². The largest absolute Gasteiger partial charge is 0.338 e. The van der Waals surface area contributed by atoms with E-state index in [1.54, 1.807) is 11.8 Å². The summed E-state index contributed by atoms with van der Waals surface area (Å²) in [6.45, 7) is 0.547. The van der Waals surface area contributed by atoms with Gasteiger partial charge in [0.05, 0.1) is 11.0 Å². The van der Waals surface area contributed by atoms with Crippen LogP contribution < -0.4 is 5.73 Å². The summed E-state index contributed by atoms with van der Waals surface area (Å²) < 4.78 is 0. The molecule has 19 heavy (non-hydrogen) atoms. The van der Waals surface area contributed by atoms with Gasteiger partial charge in [0.15, 0.2) is 0 Å². The first kappa shape index (κ1) is 12.3. The number of imidazole rings is 1. The molecule has 0 fully saturated rings. The Hall–Kier alpha value is -1.78. The Morgan fingerprint density at radius 2 is 2.05 bits per heavy atom. The molecule has 3 N–H and O–H groups in total. The number of nitrogens with two attached hydrogens (primary N) is 1. The SMILES string of the molecule is CSc1ccccc1-c1nc2ccc(CN)cc2[nH]1. The van der Waals surface area contributed by atoms with Crippen LogP contribution in [0.3, 0.4) is 0 Å². The number of fused-ring (bicyclic) bond motifs is 1. The van der Waals surface area contributed by atoms with E-state index in [0.717, 1.165) is 28.0 Å². The minimum atomic E-state index is 0.547. The molecular formula is C15H15N3S. The predicted octanol–water partition coefficient (Wildman–Crippen LogP) is 3.41. The average Bonchev–Trinajstić information content (AvgIpc) is 2.89. The fourth-order valence-electron chi connectivity index (χ4n) is 2.15. The number of H-pyrrole nitrogens is 1. The molecule has 3 nitrogen and oxygen atoms in total. The third-order valence-corrected chi connectivity index (χ3v) is 3.94. The molecule has 96 valence electrons. The van der Waals surface area contributed by atoms with Crippen molar-refractivity contribution in [3.05, 3.63) is 48.0 Å². The first-order valence-corrected chi connectivity index (χ1v) is 7.36. The Balaban J connectivity index is 2.15. The van der Waals surface area contributed by atoms with Gasteiger partial charge in [0, 0.05) is 17.0 Å². The molecule has 3 rings (SSSR count). The van der Waals surface area contributed by atoms with Crippen molar-refractivity contribution in [3.63, 3.8) is 0 Å². The van der Waals surface area contributed by atoms with Gasteiger partial charge in [-0.1, -0.05) is 24.3 Å². The maximum Gasteiger partial charge on any atom is 0.139 e. The van der Waals surface area contributed by atoms with Crippen LogP contribution >= 0.6 is 11.8 Å². The van der Waals surface area contributed by atoms with Gasteiger partial charge in [-0.25, -0.2) is 4.98 Å². The molecule has 0 bridgehead atoms. The molecule has 0 aliphatic carbocycles. The average molecular weight is 269 g/mol. The number of aromatic amines is 1. The van der Waals surface area contributed by atoms with Crippen LogP contribution in [0.2, 0.25) is 0 Å². The van der Waals surface area contributed by atoms with Crippen LogP contribution in [0.5, 0.6) is 0 Å². The van der Waals surface area contributed by atoms with Crippen LogP contribution in [0.4, 0.5) is 0 Å². The fraction of sp³-hybridized carbons (Fsp3) is 0.133. The number of aromatic nitrogens is 2. The molecule has 0 amide bonds. The molecular weight excluding hydrogens is 254 g/mol. The van der Waals surface area contributed by atoms with E-state index in [-0.39, 0.29) is 0 Å². The standard InChI is InChI=1S/C15H15N3S/c1-19-14-5-3-2-4-11(14)15-17-12-7-6-10(9-16)8-13(12)18-15/h2-8H,9,16H2,1H3,(H,17,18). The Morgan fingerprint density at radius 3 is 2.84 bits per heavy atom. The molecule has 0 spiro atoms. The molecule has 0 unspecified atom stereocenters. The lowest BCUT2D eigenvalue weighted by molar-refractivity contribution is 1.07. The van der Waals surface area contributed by atoms with Gasteiger partial charge in [-0.2, -0.15) is 0 Å². The van der Waals surface area contributed by atoms with Crippen LogP contribution in [0.25, 0.3) is 22.4 Å². The van der Waals surface area contributed by atoms with E-state index in [0.29, 0.717) is 6.54 Å². The Morgan fingerprint density at radius 1 is 1.21 bits per heavy atom. The molecule has 3 aromatic rings. The second-order valence-corrected chi connectivity index (χ2v) is 5.19. The van der Waals surface area contributed by atoms with E-state index in [9.17, 15) is 0 Å². The molecule has 0 radical (unpaired) electrons. The summed E-state index contributed by atoms with van der Waals surface area (Å²) in [5.41, 5.74) is 9.93. The van der Waals surface area contributed by atoms with Crippen molar-refractivity contribution in [2.75, 3.05) is 6.26 Å². The highest BCUT2D eigenvalue weighted by molar-refractivity contribution is 7.98. The maximum absolute atomic E-state index is 5.67. The molecule has 0 atom stereocenters. The first-order valence-electron chi connectivity index (χ1n) is 6.14. The molecule has 0 saturated carbocycles. The number of hydrogen-bond acceptors (Lipinski definition) is 3. The number of hydrogen-bond donors (Lipinski definition) is 2. The lowest BCUT2D eigenvalue weighted by Crippen LogP contribution is -1.95. The van der Waals surface area contributed by atoms with Gasteiger partial charge < -0.3 is 10.7 Å². The van der Waals surface area contributed by atoms with Crippen molar-refractivity contribution >= 4 is 22.8 Å². The van der Waals surface area contributed by atoms with Crippen LogP contribution in [0.15, 0.2) is 47.4 Å². The van der Waals surface area contributed by atoms with E-state index < -0.39 is 0 Å². The van der Waals surface area contributed by atoms with E-state index in [1.807, 2.05) is 24.3 Å². The second-order valence-electron chi connectivity index (χ2n) is 4.34. The topological polar surface area (TPSA) is 54.7 Å². The van der Waals surface area contributed by atoms with E-state index in [2.05, 4.69) is 34.4 Å². The maximum atomic E-state index is 5.67. The zero-order chi connectivity index (χ0) is 13.2. The zero-order valence-electron chi connectivity index (χ0n) is 10.7. The van der Waals surface area contributed by atoms with Crippen molar-refractivity contribution < 1.29 is 0 Å². The van der Waals surface area contributed by atoms with Gasteiger partial charge in [0.2, 0.25) is 0 Å². The predicted molar refractivity (Wildman–Crippen MR) is 81.2 cm³/mol. The summed E-state index contributed by atoms with van der Waals surface area (Å²) in [6, 6.07) is 14.4. The molecule has 2 aromatic carbocycles. The van der Waals surface area contributed by atoms with Crippen LogP contribution in [-0.4, -0.2) is 16.2 Å². The summed E-state index contributed by atoms with van der Waals surface area (Å²) in [5, 5.41) is 0. The van der Waals surface area contributed by atoms with E-state index >= 15 is 0 Å². The number of rotatable bonds is 3. The first-order chi connectivity index (χ1) is 9.31. The number of nitrogens with zero attached hydrogens (tertiary/aromatic N) is 1. The van der Waals surface area contributed by atoms with Crippen molar-refractivity contribution in [1.29, 1.82) is 0 Å². The van der Waals surface area contributed by atoms with Gasteiger partial charge in [-0.3, -0.25) is 0 Å². The highest BCUT2D eigenvalue weighted by Gasteiger charge is 2.09. The number of benzene rings is 2. The highest BCUT2D eigenvalue weighted by Crippen LogP contribution is 2.29. The third kappa shape index (κ3) is 2.25. The van der Waals surface area contributed by atoms with Gasteiger partial charge >= 0.3 is 0 Å². The number of nitrogens with one attached hydrogen (secondary N) is 1. The van der Waals surface area contributed by atoms with E-state index in [1.165, 1.54) is 4.90 Å². The van der Waals surface area contributed by atoms with Gasteiger partial charge in [-0.05, 0) is 30.0 Å². The van der Waals surface area contributed by atoms with Crippen molar-refractivity contribution in [1.82, 2.24) is 9.97 Å². The lowest BCUT2D eigenvalue weighted by Gasteiger charge is -2.02. The molecule has 0 saturated heterocycles. The van der Waals surface area contributed by atoms with E-state index in [4.69, 9.17) is 5.73 Å². The van der Waals surface area contributed by atoms with Crippen LogP contribution in [0.1, 0.15) is 5.56 Å². The molecule has 4 heteroatoms. The summed E-state index contributed by atoms with van der Waals surface area (Å²) in [6.07, 6.45) is 2.08. The van der Waals surface area contributed by atoms with Gasteiger partial charge in [0.1, 0.15) is 5.82 Å². The molecule has 0 aliphatic rings. The van der Waals surface area contributed by atoms with Crippen molar-refractivity contribution in [3.8, 4) is 11.4 Å². The van der Waals surface area contributed by atoms with Gasteiger partial charge in [0.25, 0.3) is 0 Å². The van der Waals surface area contributed by atoms with Crippen LogP contribution in [0, 0.1) is 0 Å². The quantitative estimate of drug-likeness (QED) is 0.716. The minimum absolute atomic E-state index is 0.547. The summed E-state index contributed by atoms with van der Waals surface area (Å²) >= 11 is 1.73. The Labute approximate surface area is 116 Å². The third-order valence-electron chi connectivity index (χ3n) is 3.14. The van der Waals surface area contributed by atoms with Crippen molar-refractivity contribution in [2.24, 2.45) is 5.73 Å². The van der Waals surface area contributed by atoms with Crippen molar-refractivity contribution in [2.45, 2.75) is 11.4 Å². The smallest absolute Gasteiger partial charge is 0.139 e. The zero-order valence-corrected chi connectivity index (χ0v) is 11.5. The molecule has 1 aromatic heterocycles. The minimum Gasteiger partial charge on any atom is -0.338 e. The molecule has 1 heterocycles. The summed E-state index contributed by atoms with van der Waals surface area (Å²) in [5.74, 6) is 0.911. The Bertz CT molecular complexity index is 718. The normalized spacial score (nSPS) is 11.1. The Kier molecular flexibility index (Phi) is 3.27. The fourth-order valence-corrected chi connectivity index (χ4v) is 2.75. The highest BCUT2D eigenvalue weighted by atomic mass is 32.2. The monoisotopic (exact) mass is 269 g/mol. The second kappa shape index (κ2) is 5.07. The lowest BCUT2D eigenvalue weighted by atomic mass is 10.2.